The molecule has 0 saturated carbocycles. The Kier molecular flexibility index (Phi) is 3.99. The fourth-order valence-corrected chi connectivity index (χ4v) is 6.16. The predicted octanol–water partition coefficient (Wildman–Crippen LogP) is 8.57. The van der Waals surface area contributed by atoms with Gasteiger partial charge in [0.25, 0.3) is 0 Å². The lowest BCUT2D eigenvalue weighted by atomic mass is 10.2. The van der Waals surface area contributed by atoms with Crippen molar-refractivity contribution in [2.24, 2.45) is 0 Å². The molecule has 9 aromatic rings. The predicted molar refractivity (Wildman–Crippen MR) is 158 cm³/mol. The van der Waals surface area contributed by atoms with Crippen LogP contribution in [-0.2, 0) is 0 Å². The molecule has 0 spiro atoms. The van der Waals surface area contributed by atoms with Crippen LogP contribution in [0.15, 0.2) is 126 Å². The van der Waals surface area contributed by atoms with Gasteiger partial charge in [-0.05, 0) is 42.5 Å². The number of rotatable bonds is 2. The highest BCUT2D eigenvalue weighted by Crippen LogP contribution is 2.37. The maximum atomic E-state index is 6.50. The number of para-hydroxylation sites is 4. The second-order valence-corrected chi connectivity index (χ2v) is 9.87. The molecular weight excluding hydrogens is 480 g/mol. The van der Waals surface area contributed by atoms with Crippen molar-refractivity contribution >= 4 is 65.8 Å². The van der Waals surface area contributed by atoms with Crippen LogP contribution in [0.3, 0.4) is 0 Å². The molecule has 5 nitrogen and oxygen atoms in total. The first-order valence-corrected chi connectivity index (χ1v) is 13.0. The molecule has 0 radical (unpaired) electrons. The number of furan rings is 1. The van der Waals surface area contributed by atoms with E-state index in [0.29, 0.717) is 0 Å². The first kappa shape index (κ1) is 20.6. The summed E-state index contributed by atoms with van der Waals surface area (Å²) in [7, 11) is 0. The van der Waals surface area contributed by atoms with Crippen molar-refractivity contribution < 1.29 is 4.42 Å². The molecule has 0 unspecified atom stereocenters. The Hall–Kier alpha value is -5.42. The van der Waals surface area contributed by atoms with E-state index in [0.717, 1.165) is 55.8 Å². The summed E-state index contributed by atoms with van der Waals surface area (Å²) in [6.45, 7) is 0. The third-order valence-corrected chi connectivity index (χ3v) is 7.79. The molecule has 9 rings (SSSR count). The molecule has 0 bridgehead atoms. The summed E-state index contributed by atoms with van der Waals surface area (Å²) in [5.74, 6) is 0.840. The molecule has 0 aliphatic rings. The molecule has 5 heterocycles. The van der Waals surface area contributed by atoms with Crippen LogP contribution in [0.5, 0.6) is 0 Å². The van der Waals surface area contributed by atoms with Crippen LogP contribution in [0.2, 0.25) is 0 Å². The van der Waals surface area contributed by atoms with Crippen LogP contribution in [0.25, 0.3) is 77.3 Å². The highest BCUT2D eigenvalue weighted by molar-refractivity contribution is 6.12. The van der Waals surface area contributed by atoms with Crippen molar-refractivity contribution in [1.29, 1.82) is 0 Å². The number of hydrogen-bond acceptors (Lipinski definition) is 3. The van der Waals surface area contributed by atoms with Gasteiger partial charge in [-0.15, -0.1) is 0 Å². The molecule has 4 aromatic carbocycles. The Morgan fingerprint density at radius 3 is 1.56 bits per heavy atom. The van der Waals surface area contributed by atoms with Crippen molar-refractivity contribution in [3.63, 3.8) is 0 Å². The van der Waals surface area contributed by atoms with Crippen LogP contribution in [0, 0.1) is 0 Å². The van der Waals surface area contributed by atoms with Gasteiger partial charge in [-0.1, -0.05) is 72.8 Å². The van der Waals surface area contributed by atoms with E-state index in [4.69, 9.17) is 14.4 Å². The maximum absolute atomic E-state index is 6.50. The van der Waals surface area contributed by atoms with Gasteiger partial charge in [0.1, 0.15) is 16.9 Å². The van der Waals surface area contributed by atoms with Crippen LogP contribution >= 0.6 is 0 Å². The van der Waals surface area contributed by atoms with E-state index in [1.165, 1.54) is 21.5 Å². The molecule has 39 heavy (non-hydrogen) atoms. The topological polar surface area (TPSA) is 48.8 Å². The van der Waals surface area contributed by atoms with Gasteiger partial charge in [-0.25, -0.2) is 4.98 Å². The Bertz CT molecular complexity index is 2300. The maximum Gasteiger partial charge on any atom is 0.179 e. The molecule has 5 heteroatoms. The summed E-state index contributed by atoms with van der Waals surface area (Å²) in [6.07, 6.45) is 1.85. The van der Waals surface area contributed by atoms with E-state index >= 15 is 0 Å². The van der Waals surface area contributed by atoms with Crippen molar-refractivity contribution in [3.8, 4) is 11.5 Å². The van der Waals surface area contributed by atoms with Gasteiger partial charge in [0, 0.05) is 27.7 Å². The number of aromatic nitrogens is 4. The van der Waals surface area contributed by atoms with E-state index < -0.39 is 0 Å². The molecule has 182 valence electrons. The van der Waals surface area contributed by atoms with Crippen LogP contribution < -0.4 is 0 Å². The number of pyridine rings is 2. The summed E-state index contributed by atoms with van der Waals surface area (Å²) in [4.78, 5) is 9.92. The fraction of sp³-hybridized carbons (Fsp3) is 0. The highest BCUT2D eigenvalue weighted by atomic mass is 16.3. The average Bonchev–Trinajstić information content (AvgIpc) is 3.65. The number of hydrogen-bond donors (Lipinski definition) is 0. The smallest absolute Gasteiger partial charge is 0.179 e. The minimum Gasteiger partial charge on any atom is -0.450 e. The van der Waals surface area contributed by atoms with Crippen molar-refractivity contribution in [2.75, 3.05) is 0 Å². The van der Waals surface area contributed by atoms with Gasteiger partial charge >= 0.3 is 0 Å². The molecule has 0 amide bonds. The first-order chi connectivity index (χ1) is 19.4. The lowest BCUT2D eigenvalue weighted by molar-refractivity contribution is 0.664. The van der Waals surface area contributed by atoms with E-state index in [2.05, 4.69) is 106 Å². The van der Waals surface area contributed by atoms with Crippen molar-refractivity contribution in [3.05, 3.63) is 121 Å². The van der Waals surface area contributed by atoms with Gasteiger partial charge in [-0.2, -0.15) is 0 Å². The molecule has 0 saturated heterocycles. The van der Waals surface area contributed by atoms with E-state index in [-0.39, 0.29) is 0 Å². The van der Waals surface area contributed by atoms with Gasteiger partial charge in [-0.3, -0.25) is 9.55 Å². The molecular formula is C34H20N4O. The zero-order chi connectivity index (χ0) is 25.5. The fourth-order valence-electron chi connectivity index (χ4n) is 6.16. The van der Waals surface area contributed by atoms with E-state index in [1.54, 1.807) is 0 Å². The monoisotopic (exact) mass is 500 g/mol. The van der Waals surface area contributed by atoms with Gasteiger partial charge in [0.2, 0.25) is 0 Å². The van der Waals surface area contributed by atoms with Crippen LogP contribution in [-0.4, -0.2) is 19.1 Å². The van der Waals surface area contributed by atoms with Crippen molar-refractivity contribution in [1.82, 2.24) is 19.1 Å². The Labute approximate surface area is 222 Å². The largest absolute Gasteiger partial charge is 0.450 e. The summed E-state index contributed by atoms with van der Waals surface area (Å²) in [5.41, 5.74) is 8.42. The summed E-state index contributed by atoms with van der Waals surface area (Å²) < 4.78 is 11.0. The normalized spacial score (nSPS) is 12.1. The zero-order valence-corrected chi connectivity index (χ0v) is 20.7. The molecule has 5 aromatic heterocycles. The number of fused-ring (bicyclic) bond motifs is 9. The third kappa shape index (κ3) is 2.73. The molecule has 0 fully saturated rings. The molecule has 0 atom stereocenters. The third-order valence-electron chi connectivity index (χ3n) is 7.79. The number of benzene rings is 4. The minimum absolute atomic E-state index is 0.718. The zero-order valence-electron chi connectivity index (χ0n) is 20.7. The number of nitrogens with zero attached hydrogens (tertiary/aromatic N) is 4. The Morgan fingerprint density at radius 1 is 0.487 bits per heavy atom. The lowest BCUT2D eigenvalue weighted by Gasteiger charge is -2.08. The van der Waals surface area contributed by atoms with Gasteiger partial charge in [0.15, 0.2) is 11.2 Å². The summed E-state index contributed by atoms with van der Waals surface area (Å²) in [5, 5.41) is 4.83. The molecule has 0 aliphatic heterocycles. The Balaban J connectivity index is 1.34. The standard InChI is InChI=1S/C34H20N4O/c1-5-13-25-21(9-1)22-10-2-6-14-26(22)37(25)29-19-20-35-33-32-30(39-34(29)33)17-18-31(36-32)38-27-15-7-3-11-23(27)24-12-4-8-16-28(24)38/h1-20H. The first-order valence-electron chi connectivity index (χ1n) is 13.0. The van der Waals surface area contributed by atoms with Gasteiger partial charge < -0.3 is 8.98 Å². The summed E-state index contributed by atoms with van der Waals surface area (Å²) >= 11 is 0. The highest BCUT2D eigenvalue weighted by Gasteiger charge is 2.20. The second kappa shape index (κ2) is 7.55. The van der Waals surface area contributed by atoms with Crippen LogP contribution in [0.1, 0.15) is 0 Å². The molecule has 0 aliphatic carbocycles. The average molecular weight is 501 g/mol. The van der Waals surface area contributed by atoms with Crippen molar-refractivity contribution in [2.45, 2.75) is 0 Å². The van der Waals surface area contributed by atoms with Gasteiger partial charge in [0.05, 0.1) is 27.8 Å². The van der Waals surface area contributed by atoms with E-state index in [9.17, 15) is 0 Å². The molecule has 0 N–H and O–H groups in total. The SMILES string of the molecule is c1ccc2c(c1)c1ccccc1n2-c1ccc2oc3c(-n4c5ccccc5c5ccccc54)ccnc3c2n1. The second-order valence-electron chi connectivity index (χ2n) is 9.87. The minimum atomic E-state index is 0.718. The lowest BCUT2D eigenvalue weighted by Crippen LogP contribution is -1.97. The summed E-state index contributed by atoms with van der Waals surface area (Å²) in [6, 6.07) is 40.0. The van der Waals surface area contributed by atoms with Crippen LogP contribution in [0.4, 0.5) is 0 Å². The Morgan fingerprint density at radius 2 is 1.00 bits per heavy atom. The quantitative estimate of drug-likeness (QED) is 0.239. The van der Waals surface area contributed by atoms with E-state index in [1.807, 2.05) is 24.4 Å².